The largest absolute Gasteiger partial charge is 0.465 e. The molecule has 12 nitrogen and oxygen atoms in total. The van der Waals surface area contributed by atoms with Gasteiger partial charge in [-0.1, -0.05) is 26.7 Å². The number of hydrogen-bond donors (Lipinski definition) is 0. The molecular weight excluding hydrogens is 592 g/mol. The first-order valence-electron chi connectivity index (χ1n) is 14.9. The number of carbonyl (C=O) groups is 4. The van der Waals surface area contributed by atoms with E-state index in [1.807, 2.05) is 13.8 Å². The molecule has 5 aliphatic heterocycles. The number of nitrogens with zero attached hydrogens (tertiary/aromatic N) is 4. The second kappa shape index (κ2) is 14.1. The number of hydrogen-bond acceptors (Lipinski definition) is 12. The first-order valence-corrected chi connectivity index (χ1v) is 14.9. The van der Waals surface area contributed by atoms with Crippen molar-refractivity contribution in [2.75, 3.05) is 27.4 Å². The minimum Gasteiger partial charge on any atom is -0.465 e. The van der Waals surface area contributed by atoms with E-state index >= 15 is 0 Å². The van der Waals surface area contributed by atoms with Crippen molar-refractivity contribution >= 4 is 46.7 Å². The van der Waals surface area contributed by atoms with E-state index in [9.17, 15) is 19.2 Å². The fraction of sp³-hybridized carbons (Fsp3) is 0.294. The maximum absolute atomic E-state index is 13.5. The monoisotopic (exact) mass is 624 g/mol. The highest BCUT2D eigenvalue weighted by Crippen LogP contribution is 2.31. The molecule has 12 heteroatoms. The standard InChI is InChI=1S/C34H32N4O8/c1-5-7-17-45-33(41)29-23-13-9-19(35-23)27(31(39)43-3)21-11-15-25(37-21)30(34(42)46-18-8-6-2)26-16-12-22(38-26)28(32(40)44-4)20-10-14-24(29)36-20/h9-16H,5-8,17-18H2,1-4H3. The number of aliphatic imine (C=N–C) groups is 4. The summed E-state index contributed by atoms with van der Waals surface area (Å²) in [6.45, 7) is 4.30. The molecule has 8 bridgehead atoms. The summed E-state index contributed by atoms with van der Waals surface area (Å²) >= 11 is 0. The Hall–Kier alpha value is -5.52. The van der Waals surface area contributed by atoms with E-state index in [4.69, 9.17) is 18.9 Å². The third kappa shape index (κ3) is 6.32. The van der Waals surface area contributed by atoms with Gasteiger partial charge in [-0.15, -0.1) is 0 Å². The second-order valence-electron chi connectivity index (χ2n) is 10.3. The van der Waals surface area contributed by atoms with Gasteiger partial charge in [-0.3, -0.25) is 0 Å². The predicted octanol–water partition coefficient (Wildman–Crippen LogP) is 4.09. The van der Waals surface area contributed by atoms with Crippen LogP contribution in [-0.2, 0) is 38.1 Å². The van der Waals surface area contributed by atoms with Gasteiger partial charge in [0.1, 0.15) is 22.3 Å². The molecule has 5 rings (SSSR count). The topological polar surface area (TPSA) is 155 Å². The van der Waals surface area contributed by atoms with Crippen molar-refractivity contribution in [1.82, 2.24) is 0 Å². The van der Waals surface area contributed by atoms with Gasteiger partial charge in [0.15, 0.2) is 0 Å². The van der Waals surface area contributed by atoms with E-state index in [1.54, 1.807) is 48.6 Å². The van der Waals surface area contributed by atoms with Crippen LogP contribution >= 0.6 is 0 Å². The quantitative estimate of drug-likeness (QED) is 0.200. The van der Waals surface area contributed by atoms with E-state index in [0.29, 0.717) is 12.8 Å². The SMILES string of the molecule is CCCCOC(=O)C1=C2C=CC(=N2)C(C(=O)OC)=C2C=CC(=N2)C(C(=O)OCCCC)=C2C=CC(=N2)C(C(=O)OC)=C2C=CC1=N2. The number of ether oxygens (including phenoxy) is 4. The van der Waals surface area contributed by atoms with Crippen LogP contribution in [0.2, 0.25) is 0 Å². The highest BCUT2D eigenvalue weighted by molar-refractivity contribution is 6.33. The number of esters is 4. The molecular formula is C34H32N4O8. The number of carbonyl (C=O) groups excluding carboxylic acids is 4. The smallest absolute Gasteiger partial charge is 0.342 e. The molecule has 0 amide bonds. The van der Waals surface area contributed by atoms with Crippen LogP contribution in [-0.4, -0.2) is 74.2 Å². The van der Waals surface area contributed by atoms with Crippen LogP contribution in [0, 0.1) is 0 Å². The molecule has 236 valence electrons. The van der Waals surface area contributed by atoms with E-state index < -0.39 is 23.9 Å². The van der Waals surface area contributed by atoms with Gasteiger partial charge < -0.3 is 18.9 Å². The molecule has 0 aromatic rings. The molecule has 0 aromatic carbocycles. The highest BCUT2D eigenvalue weighted by Gasteiger charge is 2.33. The lowest BCUT2D eigenvalue weighted by Crippen LogP contribution is -2.18. The first-order chi connectivity index (χ1) is 22.3. The molecule has 0 spiro atoms. The average Bonchev–Trinajstić information content (AvgIpc) is 3.88. The molecule has 0 saturated carbocycles. The fourth-order valence-electron chi connectivity index (χ4n) is 4.89. The van der Waals surface area contributed by atoms with Gasteiger partial charge >= 0.3 is 23.9 Å². The van der Waals surface area contributed by atoms with Gasteiger partial charge in [0.2, 0.25) is 0 Å². The third-order valence-corrected chi connectivity index (χ3v) is 7.26. The Morgan fingerprint density at radius 1 is 0.478 bits per heavy atom. The minimum absolute atomic E-state index is 0.0121. The molecule has 0 radical (unpaired) electrons. The molecule has 0 saturated heterocycles. The zero-order chi connectivity index (χ0) is 32.8. The highest BCUT2D eigenvalue weighted by atomic mass is 16.5. The Labute approximate surface area is 265 Å². The molecule has 0 unspecified atom stereocenters. The summed E-state index contributed by atoms with van der Waals surface area (Å²) < 4.78 is 21.2. The Kier molecular flexibility index (Phi) is 9.75. The third-order valence-electron chi connectivity index (χ3n) is 7.26. The van der Waals surface area contributed by atoms with Crippen molar-refractivity contribution in [3.63, 3.8) is 0 Å². The molecule has 5 heterocycles. The van der Waals surface area contributed by atoms with E-state index in [0.717, 1.165) is 12.8 Å². The van der Waals surface area contributed by atoms with Gasteiger partial charge in [-0.25, -0.2) is 39.1 Å². The Morgan fingerprint density at radius 2 is 0.761 bits per heavy atom. The Morgan fingerprint density at radius 3 is 1.02 bits per heavy atom. The van der Waals surface area contributed by atoms with Crippen LogP contribution in [0.5, 0.6) is 0 Å². The summed E-state index contributed by atoms with van der Waals surface area (Å²) in [5.41, 5.74) is 1.51. The van der Waals surface area contributed by atoms with Crippen LogP contribution in [0.25, 0.3) is 0 Å². The summed E-state index contributed by atoms with van der Waals surface area (Å²) in [7, 11) is 2.46. The summed E-state index contributed by atoms with van der Waals surface area (Å²) in [5, 5.41) is 0. The van der Waals surface area contributed by atoms with Crippen molar-refractivity contribution in [3.05, 3.63) is 93.7 Å². The van der Waals surface area contributed by atoms with Crippen LogP contribution in [0.1, 0.15) is 39.5 Å². The summed E-state index contributed by atoms with van der Waals surface area (Å²) in [5.74, 6) is -2.80. The Bertz CT molecular complexity index is 1660. The maximum Gasteiger partial charge on any atom is 0.342 e. The van der Waals surface area contributed by atoms with Crippen molar-refractivity contribution in [1.29, 1.82) is 0 Å². The molecule has 5 aliphatic rings. The van der Waals surface area contributed by atoms with E-state index in [-0.39, 0.29) is 81.1 Å². The number of allylic oxidation sites excluding steroid dienone is 8. The predicted molar refractivity (Wildman–Crippen MR) is 170 cm³/mol. The van der Waals surface area contributed by atoms with Crippen LogP contribution in [0.4, 0.5) is 0 Å². The lowest BCUT2D eigenvalue weighted by atomic mass is 10.1. The lowest BCUT2D eigenvalue weighted by Gasteiger charge is -2.10. The van der Waals surface area contributed by atoms with Gasteiger partial charge in [0.05, 0.1) is 73.1 Å². The van der Waals surface area contributed by atoms with Crippen molar-refractivity contribution in [3.8, 4) is 0 Å². The number of rotatable bonds is 10. The molecule has 0 atom stereocenters. The molecule has 0 N–H and O–H groups in total. The zero-order valence-corrected chi connectivity index (χ0v) is 25.9. The number of fused-ring (bicyclic) bond motifs is 4. The molecule has 0 aromatic heterocycles. The van der Waals surface area contributed by atoms with Crippen molar-refractivity contribution in [2.45, 2.75) is 39.5 Å². The van der Waals surface area contributed by atoms with Gasteiger partial charge in [-0.05, 0) is 61.4 Å². The van der Waals surface area contributed by atoms with E-state index in [2.05, 4.69) is 20.0 Å². The first kappa shape index (κ1) is 31.9. The second-order valence-corrected chi connectivity index (χ2v) is 10.3. The van der Waals surface area contributed by atoms with Crippen molar-refractivity contribution < 1.29 is 38.1 Å². The molecule has 0 aliphatic carbocycles. The van der Waals surface area contributed by atoms with E-state index in [1.165, 1.54) is 14.2 Å². The van der Waals surface area contributed by atoms with Gasteiger partial charge in [0, 0.05) is 0 Å². The Balaban J connectivity index is 1.79. The average molecular weight is 625 g/mol. The van der Waals surface area contributed by atoms with Crippen LogP contribution in [0.3, 0.4) is 0 Å². The van der Waals surface area contributed by atoms with Gasteiger partial charge in [0.25, 0.3) is 0 Å². The number of unbranched alkanes of at least 4 members (excludes halogenated alkanes) is 2. The maximum atomic E-state index is 13.5. The van der Waals surface area contributed by atoms with Crippen LogP contribution < -0.4 is 0 Å². The zero-order valence-electron chi connectivity index (χ0n) is 25.9. The van der Waals surface area contributed by atoms with Gasteiger partial charge in [-0.2, -0.15) is 0 Å². The normalized spacial score (nSPS) is 17.8. The summed E-state index contributed by atoms with van der Waals surface area (Å²) in [6.07, 6.45) is 15.4. The summed E-state index contributed by atoms with van der Waals surface area (Å²) in [4.78, 5) is 71.6. The molecule has 46 heavy (non-hydrogen) atoms. The minimum atomic E-state index is -0.727. The number of methoxy groups -OCH3 is 2. The lowest BCUT2D eigenvalue weighted by molar-refractivity contribution is -0.139. The van der Waals surface area contributed by atoms with Crippen LogP contribution in [0.15, 0.2) is 114 Å². The van der Waals surface area contributed by atoms with Crippen molar-refractivity contribution in [2.24, 2.45) is 20.0 Å². The fourth-order valence-corrected chi connectivity index (χ4v) is 4.89. The molecule has 0 fully saturated rings. The summed E-state index contributed by atoms with van der Waals surface area (Å²) in [6, 6.07) is 0.